The second-order valence-corrected chi connectivity index (χ2v) is 9.08. The molecule has 0 unspecified atom stereocenters. The number of rotatable bonds is 14. The van der Waals surface area contributed by atoms with Crippen LogP contribution in [0.4, 0.5) is 0 Å². The van der Waals surface area contributed by atoms with E-state index < -0.39 is 18.8 Å². The van der Waals surface area contributed by atoms with Crippen molar-refractivity contribution in [2.24, 2.45) is 4.52 Å². The van der Waals surface area contributed by atoms with E-state index in [9.17, 15) is 8.42 Å². The van der Waals surface area contributed by atoms with Crippen LogP contribution in [0.5, 0.6) is 0 Å². The Morgan fingerprint density at radius 3 is 1.91 bits per heavy atom. The third-order valence-corrected chi connectivity index (χ3v) is 7.18. The lowest BCUT2D eigenvalue weighted by atomic mass is 10.2. The first-order valence-corrected chi connectivity index (χ1v) is 11.2. The lowest BCUT2D eigenvalue weighted by Gasteiger charge is -2.28. The summed E-state index contributed by atoms with van der Waals surface area (Å²) < 4.78 is 42.6. The summed E-state index contributed by atoms with van der Waals surface area (Å²) in [4.78, 5) is 2.56. The second kappa shape index (κ2) is 11.9. The molecule has 0 aromatic rings. The molecule has 0 aromatic heterocycles. The first-order chi connectivity index (χ1) is 10.4. The van der Waals surface area contributed by atoms with Gasteiger partial charge in [0.05, 0.1) is 5.75 Å². The summed E-state index contributed by atoms with van der Waals surface area (Å²) >= 11 is 0. The molecule has 130 valence electrons. The van der Waals surface area contributed by atoms with Crippen LogP contribution in [0.2, 0.25) is 6.04 Å². The average molecular weight is 355 g/mol. The standard InChI is InChI=1S/C12H28N3O5SSi/c1-4-18-22(19-5-2,20-6-3)12-10-8-7-9-11-21(16,17)15-14-13/h13H,4-12H2,1-3H3/q+1. The SMILES string of the molecule is CCO[Si](CCCCCCS(=O)(=O)N=[N+]=N)(OCC)OCC. The molecule has 0 aliphatic carbocycles. The lowest BCUT2D eigenvalue weighted by molar-refractivity contribution is 0.0706. The number of hydrogen-bond acceptors (Lipinski definition) is 6. The molecule has 0 bridgehead atoms. The first-order valence-electron chi connectivity index (χ1n) is 7.68. The van der Waals surface area contributed by atoms with E-state index >= 15 is 0 Å². The lowest BCUT2D eigenvalue weighted by Crippen LogP contribution is -2.45. The van der Waals surface area contributed by atoms with Gasteiger partial charge in [-0.25, -0.2) is 0 Å². The summed E-state index contributed by atoms with van der Waals surface area (Å²) in [6, 6.07) is 0.738. The van der Waals surface area contributed by atoms with Crippen LogP contribution in [0.25, 0.3) is 0 Å². The molecule has 10 heteroatoms. The van der Waals surface area contributed by atoms with Gasteiger partial charge < -0.3 is 13.3 Å². The maximum absolute atomic E-state index is 11.2. The molecule has 0 spiro atoms. The van der Waals surface area contributed by atoms with Gasteiger partial charge in [0, 0.05) is 25.9 Å². The van der Waals surface area contributed by atoms with Gasteiger partial charge in [-0.15, -0.1) is 0 Å². The van der Waals surface area contributed by atoms with Gasteiger partial charge in [-0.05, 0) is 33.6 Å². The fourth-order valence-electron chi connectivity index (χ4n) is 2.08. The van der Waals surface area contributed by atoms with E-state index in [0.717, 1.165) is 25.3 Å². The normalized spacial score (nSPS) is 12.1. The monoisotopic (exact) mass is 354 g/mol. The molecule has 0 aromatic carbocycles. The van der Waals surface area contributed by atoms with Crippen molar-refractivity contribution in [2.75, 3.05) is 25.6 Å². The van der Waals surface area contributed by atoms with Crippen molar-refractivity contribution >= 4 is 18.8 Å². The van der Waals surface area contributed by atoms with Crippen molar-refractivity contribution in [3.05, 3.63) is 0 Å². The molecule has 0 atom stereocenters. The van der Waals surface area contributed by atoms with Crippen molar-refractivity contribution in [1.82, 2.24) is 4.91 Å². The average Bonchev–Trinajstić information content (AvgIpc) is 2.43. The van der Waals surface area contributed by atoms with Gasteiger partial charge >= 0.3 is 18.8 Å². The number of sulfonamides is 1. The van der Waals surface area contributed by atoms with Crippen LogP contribution in [-0.2, 0) is 23.3 Å². The van der Waals surface area contributed by atoms with E-state index in [0.29, 0.717) is 26.2 Å². The van der Waals surface area contributed by atoms with E-state index in [1.807, 2.05) is 20.8 Å². The molecule has 0 amide bonds. The van der Waals surface area contributed by atoms with Crippen molar-refractivity contribution in [3.63, 3.8) is 0 Å². The second-order valence-electron chi connectivity index (χ2n) is 4.61. The quantitative estimate of drug-likeness (QED) is 0.223. The predicted molar refractivity (Wildman–Crippen MR) is 85.0 cm³/mol. The highest BCUT2D eigenvalue weighted by Gasteiger charge is 2.39. The maximum Gasteiger partial charge on any atom is 0.500 e. The zero-order chi connectivity index (χ0) is 16.9. The van der Waals surface area contributed by atoms with Crippen LogP contribution < -0.4 is 4.91 Å². The molecule has 0 rings (SSSR count). The Morgan fingerprint density at radius 2 is 1.45 bits per heavy atom. The zero-order valence-corrected chi connectivity index (χ0v) is 15.5. The Bertz CT molecular complexity index is 423. The van der Waals surface area contributed by atoms with E-state index in [4.69, 9.17) is 18.8 Å². The zero-order valence-electron chi connectivity index (χ0n) is 13.7. The summed E-state index contributed by atoms with van der Waals surface area (Å²) in [6.45, 7) is 7.44. The third-order valence-electron chi connectivity index (χ3n) is 2.89. The summed E-state index contributed by atoms with van der Waals surface area (Å²) in [6.07, 6.45) is 3.01. The van der Waals surface area contributed by atoms with E-state index in [2.05, 4.69) is 9.43 Å². The van der Waals surface area contributed by atoms with Crippen molar-refractivity contribution in [2.45, 2.75) is 52.5 Å². The minimum Gasteiger partial charge on any atom is -0.374 e. The highest BCUT2D eigenvalue weighted by molar-refractivity contribution is 7.89. The van der Waals surface area contributed by atoms with E-state index in [1.54, 1.807) is 0 Å². The highest BCUT2D eigenvalue weighted by Crippen LogP contribution is 2.20. The Morgan fingerprint density at radius 1 is 0.955 bits per heavy atom. The third kappa shape index (κ3) is 9.39. The molecule has 22 heavy (non-hydrogen) atoms. The fraction of sp³-hybridized carbons (Fsp3) is 1.00. The Labute approximate surface area is 134 Å². The van der Waals surface area contributed by atoms with E-state index in [1.165, 1.54) is 0 Å². The summed E-state index contributed by atoms with van der Waals surface area (Å²) in [5, 5.41) is 0. The van der Waals surface area contributed by atoms with Gasteiger partial charge in [0.25, 0.3) is 4.52 Å². The van der Waals surface area contributed by atoms with Gasteiger partial charge in [0.2, 0.25) is 4.91 Å². The topological polar surface area (TPSA) is 112 Å². The molecule has 0 saturated carbocycles. The van der Waals surface area contributed by atoms with Gasteiger partial charge in [-0.2, -0.15) is 8.42 Å². The molecule has 0 radical (unpaired) electrons. The highest BCUT2D eigenvalue weighted by atomic mass is 32.2. The molecule has 0 saturated heterocycles. The number of unbranched alkanes of at least 4 members (excludes halogenated alkanes) is 3. The first kappa shape index (κ1) is 21.4. The molecule has 0 aliphatic rings. The summed E-state index contributed by atoms with van der Waals surface area (Å²) in [7, 11) is -6.15. The minimum absolute atomic E-state index is 0.0691. The molecule has 1 N–H and O–H groups in total. The Balaban J connectivity index is 4.15. The van der Waals surface area contributed by atoms with Crippen molar-refractivity contribution in [3.8, 4) is 0 Å². The largest absolute Gasteiger partial charge is 0.500 e. The maximum atomic E-state index is 11.2. The molecule has 0 aliphatic heterocycles. The molecule has 0 fully saturated rings. The summed E-state index contributed by atoms with van der Waals surface area (Å²) in [5.41, 5.74) is 6.43. The van der Waals surface area contributed by atoms with Crippen LogP contribution >= 0.6 is 0 Å². The molecule has 0 heterocycles. The van der Waals surface area contributed by atoms with Crippen LogP contribution in [0.15, 0.2) is 4.52 Å². The van der Waals surface area contributed by atoms with Gasteiger partial charge in [0.1, 0.15) is 5.53 Å². The fourth-order valence-corrected chi connectivity index (χ4v) is 5.54. The minimum atomic E-state index is -3.57. The Hall–Kier alpha value is -0.643. The van der Waals surface area contributed by atoms with Crippen LogP contribution in [0.1, 0.15) is 46.5 Å². The number of nitrogens with one attached hydrogen (secondary N) is 1. The van der Waals surface area contributed by atoms with Gasteiger partial charge in [0.15, 0.2) is 0 Å². The molecular weight excluding hydrogens is 326 g/mol. The number of nitrogens with zero attached hydrogens (tertiary/aromatic N) is 2. The molecule has 8 nitrogen and oxygen atoms in total. The smallest absolute Gasteiger partial charge is 0.374 e. The van der Waals surface area contributed by atoms with Gasteiger partial charge in [-0.1, -0.05) is 12.8 Å². The number of hydrogen-bond donors (Lipinski definition) is 1. The summed E-state index contributed by atoms with van der Waals surface area (Å²) in [5.74, 6) is -0.0691. The van der Waals surface area contributed by atoms with Crippen molar-refractivity contribution in [1.29, 1.82) is 5.53 Å². The predicted octanol–water partition coefficient (Wildman–Crippen LogP) is 2.48. The molecular formula is C12H28N3O5SSi+. The van der Waals surface area contributed by atoms with E-state index in [-0.39, 0.29) is 5.75 Å². The van der Waals surface area contributed by atoms with Crippen LogP contribution in [0.3, 0.4) is 0 Å². The van der Waals surface area contributed by atoms with Crippen LogP contribution in [-0.4, -0.2) is 42.8 Å². The Kier molecular flexibility index (Phi) is 11.5. The van der Waals surface area contributed by atoms with Gasteiger partial charge in [-0.3, -0.25) is 0 Å². The van der Waals surface area contributed by atoms with Crippen molar-refractivity contribution < 1.29 is 21.7 Å². The van der Waals surface area contributed by atoms with Crippen LogP contribution in [0, 0.1) is 5.53 Å².